The van der Waals surface area contributed by atoms with Crippen LogP contribution in [0.25, 0.3) is 33.4 Å². The van der Waals surface area contributed by atoms with Crippen molar-refractivity contribution in [2.24, 2.45) is 0 Å². The number of para-hydroxylation sites is 1. The molecule has 0 unspecified atom stereocenters. The molecule has 0 atom stereocenters. The molecule has 0 spiro atoms. The van der Waals surface area contributed by atoms with Gasteiger partial charge in [0.05, 0.1) is 5.69 Å². The third-order valence-corrected chi connectivity index (χ3v) is 11.2. The van der Waals surface area contributed by atoms with E-state index >= 15 is 0 Å². The largest absolute Gasteiger partial charge is 0.310 e. The number of hydrogen-bond acceptors (Lipinski definition) is 1. The molecule has 9 rings (SSSR count). The molecule has 0 bridgehead atoms. The van der Waals surface area contributed by atoms with Gasteiger partial charge in [0.15, 0.2) is 0 Å². The number of fused-ring (bicyclic) bond motifs is 9. The molecule has 3 aliphatic carbocycles. The van der Waals surface area contributed by atoms with Crippen molar-refractivity contribution < 1.29 is 0 Å². The van der Waals surface area contributed by atoms with Crippen molar-refractivity contribution in [1.82, 2.24) is 0 Å². The minimum absolute atomic E-state index is 0.0448. The molecule has 0 N–H and O–H groups in total. The van der Waals surface area contributed by atoms with Crippen LogP contribution >= 0.6 is 0 Å². The Balaban J connectivity index is 1.42. The monoisotopic (exact) mass is 591 g/mol. The molecule has 0 saturated carbocycles. The molecule has 0 saturated heterocycles. The summed E-state index contributed by atoms with van der Waals surface area (Å²) in [6.07, 6.45) is 0. The van der Waals surface area contributed by atoms with E-state index in [2.05, 4.69) is 168 Å². The Kier molecular flexibility index (Phi) is 5.35. The Morgan fingerprint density at radius 2 is 1.04 bits per heavy atom. The van der Waals surface area contributed by atoms with E-state index in [1.165, 1.54) is 78.1 Å². The molecule has 3 aliphatic rings. The minimum Gasteiger partial charge on any atom is -0.310 e. The summed E-state index contributed by atoms with van der Waals surface area (Å²) in [6.45, 7) is 14.3. The van der Waals surface area contributed by atoms with Crippen molar-refractivity contribution in [3.8, 4) is 33.4 Å². The summed E-state index contributed by atoms with van der Waals surface area (Å²) in [5, 5.41) is 0. The van der Waals surface area contributed by atoms with Crippen LogP contribution in [-0.2, 0) is 16.2 Å². The smallest absolute Gasteiger partial charge is 0.0556 e. The minimum atomic E-state index is -0.232. The Labute approximate surface area is 273 Å². The standard InChI is InChI=1S/C45H37N/c1-43(2)36-21-13-10-18-30(36)33-26-29(24-25-39(33)43)46(28-16-8-7-9-17-28)42-40-34(31-19-11-14-22-37(31)44(40,3)4)27-35-32-20-12-15-23-38(32)45(5,6)41(35)42/h7-11,13-19,21-27H,1-6H3. The summed E-state index contributed by atoms with van der Waals surface area (Å²) in [5.41, 5.74) is 19.2. The molecule has 1 heteroatoms. The zero-order chi connectivity index (χ0) is 31.6. The molecule has 0 amide bonds. The summed E-state index contributed by atoms with van der Waals surface area (Å²) < 4.78 is 0. The molecular formula is C45H37N. The Hall–Kier alpha value is -5.06. The highest BCUT2D eigenvalue weighted by Gasteiger charge is 2.47. The van der Waals surface area contributed by atoms with Crippen molar-refractivity contribution in [2.45, 2.75) is 57.8 Å². The fourth-order valence-electron chi connectivity index (χ4n) is 9.05. The highest BCUT2D eigenvalue weighted by atomic mass is 15.2. The van der Waals surface area contributed by atoms with E-state index < -0.39 is 0 Å². The third kappa shape index (κ3) is 3.37. The van der Waals surface area contributed by atoms with E-state index in [0.29, 0.717) is 0 Å². The number of nitrogens with zero attached hydrogens (tertiary/aromatic N) is 1. The summed E-state index contributed by atoms with van der Waals surface area (Å²) in [6, 6.07) is 49.7. The van der Waals surface area contributed by atoms with Crippen LogP contribution in [0.1, 0.15) is 74.9 Å². The van der Waals surface area contributed by atoms with Crippen LogP contribution in [0, 0.1) is 12.1 Å². The van der Waals surface area contributed by atoms with E-state index in [4.69, 9.17) is 0 Å². The lowest BCUT2D eigenvalue weighted by Crippen LogP contribution is -2.26. The summed E-state index contributed by atoms with van der Waals surface area (Å²) in [7, 11) is 0. The SMILES string of the molecule is CC1(C)c2ccccc2-c2cc(N(c3ccccc3)c3c4c(cc5c3C(C)(C)c3ccccc3-5)-c3c#cccc3C4(C)C)ccc21. The van der Waals surface area contributed by atoms with Gasteiger partial charge in [0.25, 0.3) is 0 Å². The van der Waals surface area contributed by atoms with Gasteiger partial charge >= 0.3 is 0 Å². The average molecular weight is 592 g/mol. The number of hydrogen-bond donors (Lipinski definition) is 0. The molecule has 0 aliphatic heterocycles. The van der Waals surface area contributed by atoms with E-state index in [-0.39, 0.29) is 16.2 Å². The Morgan fingerprint density at radius 3 is 1.78 bits per heavy atom. The third-order valence-electron chi connectivity index (χ3n) is 11.2. The van der Waals surface area contributed by atoms with E-state index in [1.807, 2.05) is 6.07 Å². The Bertz CT molecular complexity index is 2150. The van der Waals surface area contributed by atoms with Crippen LogP contribution in [-0.4, -0.2) is 0 Å². The number of anilines is 3. The maximum absolute atomic E-state index is 3.55. The lowest BCUT2D eigenvalue weighted by molar-refractivity contribution is 0.640. The van der Waals surface area contributed by atoms with Gasteiger partial charge in [-0.2, -0.15) is 0 Å². The highest BCUT2D eigenvalue weighted by molar-refractivity contribution is 6.00. The van der Waals surface area contributed by atoms with Crippen LogP contribution in [0.2, 0.25) is 0 Å². The average Bonchev–Trinajstić information content (AvgIpc) is 3.55. The fraction of sp³-hybridized carbons (Fsp3) is 0.200. The lowest BCUT2D eigenvalue weighted by atomic mass is 9.75. The van der Waals surface area contributed by atoms with Gasteiger partial charge in [-0.3, -0.25) is 0 Å². The molecule has 6 aromatic rings. The normalized spacial score (nSPS) is 16.4. The first-order valence-electron chi connectivity index (χ1n) is 16.5. The molecule has 6 aromatic carbocycles. The van der Waals surface area contributed by atoms with Gasteiger partial charge in [-0.15, -0.1) is 0 Å². The van der Waals surface area contributed by atoms with Gasteiger partial charge in [0.2, 0.25) is 0 Å². The van der Waals surface area contributed by atoms with Crippen LogP contribution in [0.4, 0.5) is 17.1 Å². The predicted octanol–water partition coefficient (Wildman–Crippen LogP) is 11.7. The second-order valence-corrected chi connectivity index (χ2v) is 14.8. The second-order valence-electron chi connectivity index (χ2n) is 14.8. The van der Waals surface area contributed by atoms with Crippen molar-refractivity contribution in [3.05, 3.63) is 161 Å². The number of rotatable bonds is 3. The first-order valence-corrected chi connectivity index (χ1v) is 16.5. The molecule has 222 valence electrons. The van der Waals surface area contributed by atoms with Gasteiger partial charge in [0, 0.05) is 33.2 Å². The van der Waals surface area contributed by atoms with Gasteiger partial charge in [-0.05, 0) is 104 Å². The topological polar surface area (TPSA) is 3.24 Å². The maximum atomic E-state index is 3.55. The molecule has 0 radical (unpaired) electrons. The van der Waals surface area contributed by atoms with E-state index in [9.17, 15) is 0 Å². The van der Waals surface area contributed by atoms with Crippen molar-refractivity contribution in [2.75, 3.05) is 4.90 Å². The van der Waals surface area contributed by atoms with Crippen LogP contribution < -0.4 is 4.90 Å². The predicted molar refractivity (Wildman–Crippen MR) is 191 cm³/mol. The quantitative estimate of drug-likeness (QED) is 0.198. The molecule has 0 heterocycles. The van der Waals surface area contributed by atoms with Crippen LogP contribution in [0.15, 0.2) is 115 Å². The Morgan fingerprint density at radius 1 is 0.457 bits per heavy atom. The van der Waals surface area contributed by atoms with Gasteiger partial charge in [0.1, 0.15) is 0 Å². The lowest BCUT2D eigenvalue weighted by Gasteiger charge is -2.37. The van der Waals surface area contributed by atoms with Crippen molar-refractivity contribution >= 4 is 17.1 Å². The first-order chi connectivity index (χ1) is 22.1. The fourth-order valence-corrected chi connectivity index (χ4v) is 9.05. The summed E-state index contributed by atoms with van der Waals surface area (Å²) in [4.78, 5) is 2.57. The summed E-state index contributed by atoms with van der Waals surface area (Å²) in [5.74, 6) is 0. The molecule has 0 fully saturated rings. The molecule has 1 nitrogen and oxygen atoms in total. The van der Waals surface area contributed by atoms with Gasteiger partial charge in [-0.25, -0.2) is 0 Å². The molecule has 46 heavy (non-hydrogen) atoms. The van der Waals surface area contributed by atoms with Gasteiger partial charge < -0.3 is 4.90 Å². The molecule has 0 aromatic heterocycles. The van der Waals surface area contributed by atoms with Crippen LogP contribution in [0.5, 0.6) is 0 Å². The second kappa shape index (κ2) is 9.02. The zero-order valence-electron chi connectivity index (χ0n) is 27.4. The van der Waals surface area contributed by atoms with Gasteiger partial charge in [-0.1, -0.05) is 126 Å². The number of benzene rings is 5. The highest BCUT2D eigenvalue weighted by Crippen LogP contribution is 2.62. The molecular weight excluding hydrogens is 555 g/mol. The first kappa shape index (κ1) is 27.3. The van der Waals surface area contributed by atoms with E-state index in [1.54, 1.807) is 0 Å². The maximum Gasteiger partial charge on any atom is 0.0556 e. The zero-order valence-corrected chi connectivity index (χ0v) is 27.4. The van der Waals surface area contributed by atoms with Crippen LogP contribution in [0.3, 0.4) is 0 Å². The summed E-state index contributed by atoms with van der Waals surface area (Å²) >= 11 is 0. The van der Waals surface area contributed by atoms with E-state index in [0.717, 1.165) is 5.69 Å². The van der Waals surface area contributed by atoms with Crippen molar-refractivity contribution in [3.63, 3.8) is 0 Å². The van der Waals surface area contributed by atoms with Crippen molar-refractivity contribution in [1.29, 1.82) is 0 Å².